The van der Waals surface area contributed by atoms with Crippen molar-refractivity contribution in [3.8, 4) is 6.07 Å². The zero-order valence-electron chi connectivity index (χ0n) is 9.16. The third kappa shape index (κ3) is 2.47. The summed E-state index contributed by atoms with van der Waals surface area (Å²) in [6.07, 6.45) is 2.42. The summed E-state index contributed by atoms with van der Waals surface area (Å²) >= 11 is 1.89. The maximum Gasteiger partial charge on any atom is 0.118 e. The molecule has 0 spiro atoms. The smallest absolute Gasteiger partial charge is 0.118 e. The summed E-state index contributed by atoms with van der Waals surface area (Å²) in [6.45, 7) is 4.68. The zero-order valence-corrected chi connectivity index (χ0v) is 9.98. The highest BCUT2D eigenvalue weighted by atomic mass is 32.2. The lowest BCUT2D eigenvalue weighted by Gasteiger charge is -2.32. The quantitative estimate of drug-likeness (QED) is 0.743. The summed E-state index contributed by atoms with van der Waals surface area (Å²) in [4.78, 5) is 0. The highest BCUT2D eigenvalue weighted by molar-refractivity contribution is 8.00. The van der Waals surface area contributed by atoms with Crippen LogP contribution in [0.1, 0.15) is 19.8 Å². The van der Waals surface area contributed by atoms with E-state index < -0.39 is 0 Å². The summed E-state index contributed by atoms with van der Waals surface area (Å²) in [5.41, 5.74) is -0.269. The van der Waals surface area contributed by atoms with Crippen LogP contribution < -0.4 is 5.32 Å². The molecule has 2 rings (SSSR count). The molecular weight excluding hydrogens is 208 g/mol. The zero-order chi connectivity index (χ0) is 10.7. The highest BCUT2D eigenvalue weighted by Gasteiger charge is 2.45. The minimum Gasteiger partial charge on any atom is -0.379 e. The molecule has 4 heteroatoms. The van der Waals surface area contributed by atoms with Crippen LogP contribution in [0.2, 0.25) is 0 Å². The van der Waals surface area contributed by atoms with Crippen LogP contribution in [-0.2, 0) is 4.74 Å². The first kappa shape index (κ1) is 11.3. The van der Waals surface area contributed by atoms with Crippen LogP contribution in [0.3, 0.4) is 0 Å². The normalized spacial score (nSPS) is 25.3. The Hall–Kier alpha value is -0.240. The van der Waals surface area contributed by atoms with Gasteiger partial charge in [0.1, 0.15) is 5.54 Å². The Morgan fingerprint density at radius 3 is 2.67 bits per heavy atom. The Morgan fingerprint density at radius 1 is 1.53 bits per heavy atom. The van der Waals surface area contributed by atoms with E-state index in [-0.39, 0.29) is 5.54 Å². The van der Waals surface area contributed by atoms with Crippen LogP contribution >= 0.6 is 11.8 Å². The number of hydrogen-bond donors (Lipinski definition) is 1. The minimum absolute atomic E-state index is 0.269. The maximum absolute atomic E-state index is 9.36. The Balaban J connectivity index is 1.88. The second-order valence-electron chi connectivity index (χ2n) is 4.36. The monoisotopic (exact) mass is 226 g/mol. The Kier molecular flexibility index (Phi) is 3.55. The van der Waals surface area contributed by atoms with E-state index in [0.29, 0.717) is 11.2 Å². The van der Waals surface area contributed by atoms with E-state index in [1.165, 1.54) is 12.8 Å². The van der Waals surface area contributed by atoms with Crippen molar-refractivity contribution in [1.82, 2.24) is 5.32 Å². The summed E-state index contributed by atoms with van der Waals surface area (Å²) in [7, 11) is 0. The lowest BCUT2D eigenvalue weighted by Crippen LogP contribution is -2.49. The number of nitrogens with one attached hydrogen (secondary N) is 1. The molecule has 0 aromatic rings. The van der Waals surface area contributed by atoms with Crippen molar-refractivity contribution in [3.63, 3.8) is 0 Å². The van der Waals surface area contributed by atoms with Crippen molar-refractivity contribution >= 4 is 11.8 Å². The summed E-state index contributed by atoms with van der Waals surface area (Å²) < 4.78 is 5.15. The largest absolute Gasteiger partial charge is 0.379 e. The van der Waals surface area contributed by atoms with Crippen molar-refractivity contribution in [2.75, 3.05) is 25.5 Å². The molecule has 0 bridgehead atoms. The average molecular weight is 226 g/mol. The predicted octanol–water partition coefficient (Wildman–Crippen LogP) is 1.40. The SMILES string of the molecule is CCNC(C#N)(CSC1COC1)C1CC1. The van der Waals surface area contributed by atoms with Gasteiger partial charge in [-0.3, -0.25) is 5.32 Å². The highest BCUT2D eigenvalue weighted by Crippen LogP contribution is 2.42. The molecular formula is C11H18N2OS. The number of ether oxygens (including phenoxy) is 1. The fraction of sp³-hybridized carbons (Fsp3) is 0.909. The number of nitrogens with zero attached hydrogens (tertiary/aromatic N) is 1. The number of hydrogen-bond acceptors (Lipinski definition) is 4. The van der Waals surface area contributed by atoms with Gasteiger partial charge in [0.25, 0.3) is 0 Å². The van der Waals surface area contributed by atoms with Gasteiger partial charge in [-0.15, -0.1) is 0 Å². The molecule has 0 radical (unpaired) electrons. The molecule has 1 aliphatic heterocycles. The van der Waals surface area contributed by atoms with Gasteiger partial charge in [-0.1, -0.05) is 6.92 Å². The van der Waals surface area contributed by atoms with Crippen LogP contribution in [0.4, 0.5) is 0 Å². The minimum atomic E-state index is -0.269. The third-order valence-electron chi connectivity index (χ3n) is 3.12. The Bertz CT molecular complexity index is 258. The summed E-state index contributed by atoms with van der Waals surface area (Å²) in [5.74, 6) is 1.49. The van der Waals surface area contributed by atoms with E-state index in [9.17, 15) is 5.26 Å². The van der Waals surface area contributed by atoms with E-state index in [0.717, 1.165) is 25.5 Å². The van der Waals surface area contributed by atoms with Crippen molar-refractivity contribution < 1.29 is 4.74 Å². The van der Waals surface area contributed by atoms with E-state index in [1.807, 2.05) is 11.8 Å². The molecule has 1 saturated carbocycles. The second kappa shape index (κ2) is 4.73. The van der Waals surface area contributed by atoms with Crippen molar-refractivity contribution in [1.29, 1.82) is 5.26 Å². The van der Waals surface area contributed by atoms with Crippen LogP contribution in [-0.4, -0.2) is 36.3 Å². The van der Waals surface area contributed by atoms with Gasteiger partial charge < -0.3 is 4.74 Å². The molecule has 1 aliphatic carbocycles. The van der Waals surface area contributed by atoms with Gasteiger partial charge in [-0.2, -0.15) is 17.0 Å². The molecule has 1 N–H and O–H groups in total. The summed E-state index contributed by atoms with van der Waals surface area (Å²) in [5, 5.41) is 13.4. The van der Waals surface area contributed by atoms with Crippen molar-refractivity contribution in [3.05, 3.63) is 0 Å². The first-order valence-corrected chi connectivity index (χ1v) is 6.71. The molecule has 1 unspecified atom stereocenters. The molecule has 15 heavy (non-hydrogen) atoms. The molecule has 0 amide bonds. The van der Waals surface area contributed by atoms with Gasteiger partial charge in [0.05, 0.1) is 24.5 Å². The standard InChI is InChI=1S/C11H18N2OS/c1-2-13-11(7-12,9-3-4-9)8-15-10-5-14-6-10/h9-10,13H,2-6,8H2,1H3. The topological polar surface area (TPSA) is 45.0 Å². The first-order chi connectivity index (χ1) is 7.30. The fourth-order valence-corrected chi connectivity index (χ4v) is 3.21. The lowest BCUT2D eigenvalue weighted by atomic mass is 9.98. The van der Waals surface area contributed by atoms with Gasteiger partial charge in [-0.05, 0) is 25.3 Å². The Morgan fingerprint density at radius 2 is 2.27 bits per heavy atom. The number of nitriles is 1. The van der Waals surface area contributed by atoms with Gasteiger partial charge in [0.15, 0.2) is 0 Å². The molecule has 2 aliphatic rings. The van der Waals surface area contributed by atoms with Gasteiger partial charge >= 0.3 is 0 Å². The van der Waals surface area contributed by atoms with Crippen molar-refractivity contribution in [2.24, 2.45) is 5.92 Å². The summed E-state index contributed by atoms with van der Waals surface area (Å²) in [6, 6.07) is 2.51. The van der Waals surface area contributed by atoms with Crippen LogP contribution in [0, 0.1) is 17.2 Å². The predicted molar refractivity (Wildman–Crippen MR) is 61.8 cm³/mol. The van der Waals surface area contributed by atoms with Crippen LogP contribution in [0.5, 0.6) is 0 Å². The molecule has 84 valence electrons. The Labute approximate surface area is 95.6 Å². The van der Waals surface area contributed by atoms with Gasteiger partial charge in [0.2, 0.25) is 0 Å². The first-order valence-electron chi connectivity index (χ1n) is 5.66. The van der Waals surface area contributed by atoms with E-state index >= 15 is 0 Å². The fourth-order valence-electron chi connectivity index (χ4n) is 1.93. The van der Waals surface area contributed by atoms with E-state index in [4.69, 9.17) is 4.74 Å². The lowest BCUT2D eigenvalue weighted by molar-refractivity contribution is 0.0454. The molecule has 3 nitrogen and oxygen atoms in total. The van der Waals surface area contributed by atoms with Crippen LogP contribution in [0.15, 0.2) is 0 Å². The molecule has 1 atom stereocenters. The van der Waals surface area contributed by atoms with E-state index in [2.05, 4.69) is 18.3 Å². The molecule has 0 aromatic heterocycles. The van der Waals surface area contributed by atoms with Crippen LogP contribution in [0.25, 0.3) is 0 Å². The average Bonchev–Trinajstić information content (AvgIpc) is 2.97. The maximum atomic E-state index is 9.36. The molecule has 1 saturated heterocycles. The van der Waals surface area contributed by atoms with Gasteiger partial charge in [0, 0.05) is 5.75 Å². The van der Waals surface area contributed by atoms with Crippen molar-refractivity contribution in [2.45, 2.75) is 30.6 Å². The number of rotatable bonds is 6. The van der Waals surface area contributed by atoms with E-state index in [1.54, 1.807) is 0 Å². The molecule has 2 fully saturated rings. The number of thioether (sulfide) groups is 1. The third-order valence-corrected chi connectivity index (χ3v) is 4.49. The second-order valence-corrected chi connectivity index (χ2v) is 5.65. The van der Waals surface area contributed by atoms with Gasteiger partial charge in [-0.25, -0.2) is 0 Å². The molecule has 1 heterocycles. The molecule has 0 aromatic carbocycles.